The lowest BCUT2D eigenvalue weighted by Crippen LogP contribution is -2.31. The van der Waals surface area contributed by atoms with Crippen LogP contribution in [-0.4, -0.2) is 47.1 Å². The molecule has 2 rings (SSSR count). The summed E-state index contributed by atoms with van der Waals surface area (Å²) in [6.45, 7) is 1.30. The van der Waals surface area contributed by atoms with Gasteiger partial charge in [-0.15, -0.1) is 11.8 Å². The normalized spacial score (nSPS) is 11.9. The minimum absolute atomic E-state index is 0.00309. The number of hydrogen-bond donors (Lipinski definition) is 3. The highest BCUT2D eigenvalue weighted by Crippen LogP contribution is 2.25. The molecule has 0 bridgehead atoms. The van der Waals surface area contributed by atoms with Gasteiger partial charge in [0.1, 0.15) is 18.2 Å². The van der Waals surface area contributed by atoms with E-state index in [2.05, 4.69) is 10.3 Å². The number of benzene rings is 1. The van der Waals surface area contributed by atoms with E-state index in [0.29, 0.717) is 4.90 Å². The second-order valence-electron chi connectivity index (χ2n) is 5.65. The fourth-order valence-corrected chi connectivity index (χ4v) is 2.50. The first-order valence-electron chi connectivity index (χ1n) is 7.85. The van der Waals surface area contributed by atoms with E-state index in [9.17, 15) is 23.5 Å². The molecule has 1 heterocycles. The number of amides is 1. The van der Waals surface area contributed by atoms with Gasteiger partial charge in [0.05, 0.1) is 17.4 Å². The zero-order valence-electron chi connectivity index (χ0n) is 14.9. The Kier molecular flexibility index (Phi) is 6.94. The number of thioether (sulfide) groups is 1. The van der Waals surface area contributed by atoms with Gasteiger partial charge in [0, 0.05) is 11.9 Å². The molecule has 0 saturated heterocycles. The average Bonchev–Trinajstić information content (AvgIpc) is 2.63. The molecule has 0 fully saturated rings. The average molecular weight is 399 g/mol. The predicted molar refractivity (Wildman–Crippen MR) is 98.2 cm³/mol. The smallest absolute Gasteiger partial charge is 0.285 e. The maximum Gasteiger partial charge on any atom is 0.285 e. The third kappa shape index (κ3) is 5.28. The molecule has 2 aromatic rings. The molecular formula is C17H19F2N3O4S. The van der Waals surface area contributed by atoms with E-state index in [4.69, 9.17) is 4.84 Å². The van der Waals surface area contributed by atoms with Gasteiger partial charge in [0.25, 0.3) is 11.5 Å². The van der Waals surface area contributed by atoms with Crippen LogP contribution >= 0.6 is 11.8 Å². The number of hydrogen-bond acceptors (Lipinski definition) is 6. The molecule has 0 radical (unpaired) electrons. The summed E-state index contributed by atoms with van der Waals surface area (Å²) in [4.78, 5) is 32.1. The maximum absolute atomic E-state index is 14.2. The fourth-order valence-electron chi connectivity index (χ4n) is 2.08. The van der Waals surface area contributed by atoms with Crippen LogP contribution in [0.3, 0.4) is 0 Å². The molecule has 0 aliphatic heterocycles. The standard InChI is InChI=1S/C17H19F2N3O4S/c1-9(23)8-26-22(2)17(25)11-7-13(19)16(24)21-15(11)20-14-5-4-10(27-3)6-12(14)18/h4-7,9,23H,8H2,1-3H3,(H2,20,21,24)/t9-/m0/s1. The Labute approximate surface area is 158 Å². The second-order valence-corrected chi connectivity index (χ2v) is 6.53. The lowest BCUT2D eigenvalue weighted by atomic mass is 10.2. The number of rotatable bonds is 7. The number of H-pyrrole nitrogens is 1. The minimum atomic E-state index is -1.17. The lowest BCUT2D eigenvalue weighted by molar-refractivity contribution is -0.127. The summed E-state index contributed by atoms with van der Waals surface area (Å²) in [6, 6.07) is 5.11. The zero-order valence-corrected chi connectivity index (χ0v) is 15.7. The molecule has 10 heteroatoms. The van der Waals surface area contributed by atoms with Crippen molar-refractivity contribution in [3.05, 3.63) is 51.8 Å². The van der Waals surface area contributed by atoms with Crippen LogP contribution in [0.1, 0.15) is 17.3 Å². The quantitative estimate of drug-likeness (QED) is 0.489. The third-order valence-electron chi connectivity index (χ3n) is 3.46. The van der Waals surface area contributed by atoms with Gasteiger partial charge in [-0.25, -0.2) is 13.8 Å². The third-order valence-corrected chi connectivity index (χ3v) is 4.18. The van der Waals surface area contributed by atoms with Crippen LogP contribution in [0.5, 0.6) is 0 Å². The summed E-state index contributed by atoms with van der Waals surface area (Å²) < 4.78 is 27.9. The van der Waals surface area contributed by atoms with E-state index in [-0.39, 0.29) is 23.7 Å². The Morgan fingerprint density at radius 2 is 2.07 bits per heavy atom. The molecule has 0 unspecified atom stereocenters. The van der Waals surface area contributed by atoms with Gasteiger partial charge in [-0.3, -0.25) is 14.4 Å². The molecule has 7 nitrogen and oxygen atoms in total. The summed E-state index contributed by atoms with van der Waals surface area (Å²) in [5, 5.41) is 12.6. The Bertz CT molecular complexity index is 889. The highest BCUT2D eigenvalue weighted by atomic mass is 32.2. The molecule has 1 amide bonds. The summed E-state index contributed by atoms with van der Waals surface area (Å²) in [5.41, 5.74) is -1.34. The van der Waals surface area contributed by atoms with Gasteiger partial charge in [0.15, 0.2) is 5.82 Å². The number of aromatic amines is 1. The van der Waals surface area contributed by atoms with Crippen molar-refractivity contribution in [3.8, 4) is 0 Å². The first-order chi connectivity index (χ1) is 12.7. The van der Waals surface area contributed by atoms with E-state index >= 15 is 0 Å². The van der Waals surface area contributed by atoms with Gasteiger partial charge < -0.3 is 15.4 Å². The monoisotopic (exact) mass is 399 g/mol. The number of hydroxylamine groups is 2. The maximum atomic E-state index is 14.2. The molecule has 0 saturated carbocycles. The largest absolute Gasteiger partial charge is 0.391 e. The van der Waals surface area contributed by atoms with Crippen molar-refractivity contribution < 1.29 is 23.5 Å². The highest BCUT2D eigenvalue weighted by molar-refractivity contribution is 7.98. The Morgan fingerprint density at radius 1 is 1.37 bits per heavy atom. The summed E-state index contributed by atoms with van der Waals surface area (Å²) in [5.74, 6) is -2.76. The SMILES string of the molecule is CSc1ccc(Nc2[nH]c(=O)c(F)cc2C(=O)N(C)OC[C@H](C)O)c(F)c1. The Hall–Kier alpha value is -2.43. The van der Waals surface area contributed by atoms with Crippen molar-refractivity contribution in [2.24, 2.45) is 0 Å². The first-order valence-corrected chi connectivity index (χ1v) is 9.07. The summed E-state index contributed by atoms with van der Waals surface area (Å²) in [6.07, 6.45) is 0.966. The number of nitrogens with one attached hydrogen (secondary N) is 2. The molecule has 146 valence electrons. The molecule has 1 atom stereocenters. The number of halogens is 2. The van der Waals surface area contributed by atoms with Crippen molar-refractivity contribution in [2.45, 2.75) is 17.9 Å². The first kappa shape index (κ1) is 20.9. The van der Waals surface area contributed by atoms with Crippen molar-refractivity contribution in [1.82, 2.24) is 10.0 Å². The Morgan fingerprint density at radius 3 is 2.67 bits per heavy atom. The van der Waals surface area contributed by atoms with Crippen LogP contribution in [0.2, 0.25) is 0 Å². The zero-order chi connectivity index (χ0) is 20.1. The van der Waals surface area contributed by atoms with E-state index in [1.54, 1.807) is 12.3 Å². The topological polar surface area (TPSA) is 94.7 Å². The van der Waals surface area contributed by atoms with Gasteiger partial charge in [-0.05, 0) is 37.4 Å². The van der Waals surface area contributed by atoms with Crippen molar-refractivity contribution >= 4 is 29.2 Å². The van der Waals surface area contributed by atoms with E-state index in [1.807, 2.05) is 0 Å². The number of anilines is 2. The van der Waals surface area contributed by atoms with Gasteiger partial charge in [-0.1, -0.05) is 0 Å². The number of aliphatic hydroxyl groups is 1. The molecule has 3 N–H and O–H groups in total. The van der Waals surface area contributed by atoms with Crippen LogP contribution in [0, 0.1) is 11.6 Å². The Balaban J connectivity index is 2.37. The summed E-state index contributed by atoms with van der Waals surface area (Å²) >= 11 is 1.35. The van der Waals surface area contributed by atoms with Crippen molar-refractivity contribution in [3.63, 3.8) is 0 Å². The fraction of sp³-hybridized carbons (Fsp3) is 0.294. The van der Waals surface area contributed by atoms with Crippen molar-refractivity contribution in [2.75, 3.05) is 25.2 Å². The lowest BCUT2D eigenvalue weighted by Gasteiger charge is -2.19. The highest BCUT2D eigenvalue weighted by Gasteiger charge is 2.21. The van der Waals surface area contributed by atoms with Crippen molar-refractivity contribution in [1.29, 1.82) is 0 Å². The molecule has 1 aromatic carbocycles. The van der Waals surface area contributed by atoms with Crippen LogP contribution in [-0.2, 0) is 4.84 Å². The molecule has 0 spiro atoms. The van der Waals surface area contributed by atoms with Gasteiger partial charge in [0.2, 0.25) is 0 Å². The van der Waals surface area contributed by atoms with Gasteiger partial charge in [-0.2, -0.15) is 0 Å². The number of nitrogens with zero attached hydrogens (tertiary/aromatic N) is 1. The van der Waals surface area contributed by atoms with E-state index < -0.39 is 29.2 Å². The molecular weight excluding hydrogens is 380 g/mol. The van der Waals surface area contributed by atoms with Crippen LogP contribution < -0.4 is 10.9 Å². The number of aliphatic hydroxyl groups excluding tert-OH is 1. The van der Waals surface area contributed by atoms with E-state index in [1.165, 1.54) is 37.9 Å². The molecule has 1 aromatic heterocycles. The number of carbonyl (C=O) groups excluding carboxylic acids is 1. The van der Waals surface area contributed by atoms with Gasteiger partial charge >= 0.3 is 0 Å². The van der Waals surface area contributed by atoms with Crippen LogP contribution in [0.4, 0.5) is 20.3 Å². The van der Waals surface area contributed by atoms with Crippen LogP contribution in [0.15, 0.2) is 34.0 Å². The number of aromatic nitrogens is 1. The minimum Gasteiger partial charge on any atom is -0.391 e. The molecule has 0 aliphatic rings. The molecule has 0 aliphatic carbocycles. The van der Waals surface area contributed by atoms with E-state index in [0.717, 1.165) is 11.1 Å². The molecule has 27 heavy (non-hydrogen) atoms. The predicted octanol–water partition coefficient (Wildman–Crippen LogP) is 2.50. The summed E-state index contributed by atoms with van der Waals surface area (Å²) in [7, 11) is 1.27. The second kappa shape index (κ2) is 8.98. The van der Waals surface area contributed by atoms with Crippen LogP contribution in [0.25, 0.3) is 0 Å². The number of carbonyl (C=O) groups is 1. The number of pyridine rings is 1.